The summed E-state index contributed by atoms with van der Waals surface area (Å²) in [4.78, 5) is 11.0. The maximum absolute atomic E-state index is 11.0. The Morgan fingerprint density at radius 1 is 1.19 bits per heavy atom. The number of carboxylic acids is 1. The normalized spacial score (nSPS) is 47.7. The molecule has 0 bridgehead atoms. The highest BCUT2D eigenvalue weighted by atomic mass is 16.4. The number of rotatable bonds is 3. The Bertz CT molecular complexity index is 665. The second-order valence-electron chi connectivity index (χ2n) is 10.4. The van der Waals surface area contributed by atoms with E-state index in [1.54, 1.807) is 5.57 Å². The SMILES string of the molecule is C[C@@H](/C=C/C(=O)O)[C@H]1CC[C@H]2[C@@H]3CC=C4C[C@@H](O)CC[C@]4(C)[C@H]3CC[C@]12C. The highest BCUT2D eigenvalue weighted by Gasteiger charge is 2.58. The molecule has 4 aliphatic rings. The van der Waals surface area contributed by atoms with Crippen LogP contribution in [0.2, 0.25) is 0 Å². The number of aliphatic hydroxyl groups excluding tert-OH is 1. The summed E-state index contributed by atoms with van der Waals surface area (Å²) in [5, 5.41) is 19.1. The Morgan fingerprint density at radius 3 is 2.70 bits per heavy atom. The second kappa shape index (κ2) is 6.76. The number of fused-ring (bicyclic) bond motifs is 5. The topological polar surface area (TPSA) is 57.5 Å². The van der Waals surface area contributed by atoms with Gasteiger partial charge in [-0.2, -0.15) is 0 Å². The number of hydrogen-bond donors (Lipinski definition) is 2. The molecule has 0 aromatic rings. The summed E-state index contributed by atoms with van der Waals surface area (Å²) in [7, 11) is 0. The van der Waals surface area contributed by atoms with E-state index in [1.807, 2.05) is 6.08 Å². The summed E-state index contributed by atoms with van der Waals surface area (Å²) in [6.45, 7) is 7.20. The number of aliphatic hydroxyl groups is 1. The Labute approximate surface area is 163 Å². The number of carbonyl (C=O) groups is 1. The fraction of sp³-hybridized carbons (Fsp3) is 0.792. The molecule has 3 nitrogen and oxygen atoms in total. The van der Waals surface area contributed by atoms with Crippen LogP contribution in [0.1, 0.15) is 72.1 Å². The first-order valence-corrected chi connectivity index (χ1v) is 11.0. The third-order valence-corrected chi connectivity index (χ3v) is 9.33. The van der Waals surface area contributed by atoms with E-state index in [-0.39, 0.29) is 6.10 Å². The molecular formula is C24H36O3. The van der Waals surface area contributed by atoms with Crippen molar-refractivity contribution in [3.8, 4) is 0 Å². The van der Waals surface area contributed by atoms with E-state index in [0.29, 0.717) is 22.7 Å². The van der Waals surface area contributed by atoms with Crippen molar-refractivity contribution in [2.45, 2.75) is 78.2 Å². The van der Waals surface area contributed by atoms with Crippen molar-refractivity contribution in [1.82, 2.24) is 0 Å². The molecule has 3 fully saturated rings. The van der Waals surface area contributed by atoms with Crippen LogP contribution in [0.15, 0.2) is 23.8 Å². The summed E-state index contributed by atoms with van der Waals surface area (Å²) in [5.74, 6) is 2.42. The van der Waals surface area contributed by atoms with E-state index >= 15 is 0 Å². The molecule has 3 saturated carbocycles. The highest BCUT2D eigenvalue weighted by molar-refractivity contribution is 5.79. The van der Waals surface area contributed by atoms with Crippen molar-refractivity contribution >= 4 is 5.97 Å². The van der Waals surface area contributed by atoms with Crippen LogP contribution < -0.4 is 0 Å². The zero-order valence-electron chi connectivity index (χ0n) is 17.2. The Morgan fingerprint density at radius 2 is 1.96 bits per heavy atom. The molecule has 0 aliphatic heterocycles. The minimum absolute atomic E-state index is 0.132. The van der Waals surface area contributed by atoms with Crippen molar-refractivity contribution in [2.24, 2.45) is 40.4 Å². The average molecular weight is 373 g/mol. The third kappa shape index (κ3) is 3.01. The van der Waals surface area contributed by atoms with E-state index < -0.39 is 5.97 Å². The van der Waals surface area contributed by atoms with Gasteiger partial charge < -0.3 is 10.2 Å². The predicted octanol–water partition coefficient (Wildman–Crippen LogP) is 5.20. The van der Waals surface area contributed by atoms with Crippen LogP contribution in [-0.4, -0.2) is 22.3 Å². The number of hydrogen-bond acceptors (Lipinski definition) is 2. The van der Waals surface area contributed by atoms with E-state index in [9.17, 15) is 9.90 Å². The minimum Gasteiger partial charge on any atom is -0.478 e. The standard InChI is InChI=1S/C24H36O3/c1-15(4-9-22(26)27)19-7-8-20-18-6-5-16-14-17(25)10-12-23(16,2)21(18)11-13-24(19,20)3/h4-5,9,15,17-21,25H,6-8,10-14H2,1-3H3,(H,26,27)/b9-4+/t15-,17-,18-,19+,20-,21-,23-,24+/m0/s1. The van der Waals surface area contributed by atoms with Gasteiger partial charge in [0.05, 0.1) is 6.10 Å². The lowest BCUT2D eigenvalue weighted by Crippen LogP contribution is -2.50. The Balaban J connectivity index is 1.58. The van der Waals surface area contributed by atoms with Gasteiger partial charge in [-0.05, 0) is 91.8 Å². The van der Waals surface area contributed by atoms with Crippen LogP contribution in [0, 0.1) is 40.4 Å². The molecule has 0 heterocycles. The summed E-state index contributed by atoms with van der Waals surface area (Å²) in [6.07, 6.45) is 14.9. The Hall–Kier alpha value is -1.09. The molecule has 0 amide bonds. The predicted molar refractivity (Wildman–Crippen MR) is 107 cm³/mol. The molecular weight excluding hydrogens is 336 g/mol. The Kier molecular flexibility index (Phi) is 4.81. The van der Waals surface area contributed by atoms with Crippen molar-refractivity contribution in [1.29, 1.82) is 0 Å². The van der Waals surface area contributed by atoms with E-state index in [4.69, 9.17) is 5.11 Å². The van der Waals surface area contributed by atoms with Gasteiger partial charge in [-0.1, -0.05) is 38.5 Å². The van der Waals surface area contributed by atoms with Gasteiger partial charge >= 0.3 is 5.97 Å². The van der Waals surface area contributed by atoms with Gasteiger partial charge in [-0.15, -0.1) is 0 Å². The summed E-state index contributed by atoms with van der Waals surface area (Å²) in [6, 6.07) is 0. The van der Waals surface area contributed by atoms with Crippen LogP contribution in [-0.2, 0) is 4.79 Å². The second-order valence-corrected chi connectivity index (χ2v) is 10.4. The summed E-state index contributed by atoms with van der Waals surface area (Å²) >= 11 is 0. The molecule has 8 atom stereocenters. The maximum Gasteiger partial charge on any atom is 0.327 e. The number of carboxylic acid groups (broad SMARTS) is 1. The molecule has 4 aliphatic carbocycles. The molecule has 0 aromatic heterocycles. The molecule has 0 unspecified atom stereocenters. The van der Waals surface area contributed by atoms with E-state index in [0.717, 1.165) is 37.0 Å². The first kappa shape index (κ1) is 19.2. The minimum atomic E-state index is -0.831. The monoisotopic (exact) mass is 372 g/mol. The van der Waals surface area contributed by atoms with Crippen LogP contribution >= 0.6 is 0 Å². The molecule has 0 radical (unpaired) electrons. The largest absolute Gasteiger partial charge is 0.478 e. The van der Waals surface area contributed by atoms with Crippen molar-refractivity contribution in [2.75, 3.05) is 0 Å². The van der Waals surface area contributed by atoms with Gasteiger partial charge in [0.2, 0.25) is 0 Å². The molecule has 0 aromatic carbocycles. The van der Waals surface area contributed by atoms with Gasteiger partial charge in [0.15, 0.2) is 0 Å². The lowest BCUT2D eigenvalue weighted by atomic mass is 9.47. The fourth-order valence-corrected chi connectivity index (χ4v) is 7.91. The molecule has 4 rings (SSSR count). The van der Waals surface area contributed by atoms with Gasteiger partial charge in [-0.25, -0.2) is 4.79 Å². The highest BCUT2D eigenvalue weighted by Crippen LogP contribution is 2.67. The van der Waals surface area contributed by atoms with Crippen LogP contribution in [0.25, 0.3) is 0 Å². The lowest BCUT2D eigenvalue weighted by Gasteiger charge is -2.58. The molecule has 3 heteroatoms. The number of allylic oxidation sites excluding steroid dienone is 2. The van der Waals surface area contributed by atoms with Crippen molar-refractivity contribution < 1.29 is 15.0 Å². The smallest absolute Gasteiger partial charge is 0.327 e. The van der Waals surface area contributed by atoms with Gasteiger partial charge in [-0.3, -0.25) is 0 Å². The third-order valence-electron chi connectivity index (χ3n) is 9.33. The lowest BCUT2D eigenvalue weighted by molar-refractivity contribution is -0.131. The first-order chi connectivity index (χ1) is 12.8. The van der Waals surface area contributed by atoms with Crippen LogP contribution in [0.3, 0.4) is 0 Å². The molecule has 0 spiro atoms. The summed E-state index contributed by atoms with van der Waals surface area (Å²) in [5.41, 5.74) is 2.19. The molecule has 2 N–H and O–H groups in total. The zero-order valence-corrected chi connectivity index (χ0v) is 17.2. The fourth-order valence-electron chi connectivity index (χ4n) is 7.91. The van der Waals surface area contributed by atoms with E-state index in [2.05, 4.69) is 26.8 Å². The molecule has 27 heavy (non-hydrogen) atoms. The quantitative estimate of drug-likeness (QED) is 0.528. The van der Waals surface area contributed by atoms with Crippen molar-refractivity contribution in [3.63, 3.8) is 0 Å². The van der Waals surface area contributed by atoms with Gasteiger partial charge in [0.1, 0.15) is 0 Å². The van der Waals surface area contributed by atoms with Gasteiger partial charge in [0, 0.05) is 6.08 Å². The first-order valence-electron chi connectivity index (χ1n) is 11.0. The number of aliphatic carboxylic acids is 1. The van der Waals surface area contributed by atoms with Gasteiger partial charge in [0.25, 0.3) is 0 Å². The van der Waals surface area contributed by atoms with Crippen LogP contribution in [0.5, 0.6) is 0 Å². The zero-order chi connectivity index (χ0) is 19.4. The molecule has 0 saturated heterocycles. The molecule has 150 valence electrons. The summed E-state index contributed by atoms with van der Waals surface area (Å²) < 4.78 is 0. The van der Waals surface area contributed by atoms with Crippen LogP contribution in [0.4, 0.5) is 0 Å². The van der Waals surface area contributed by atoms with Crippen molar-refractivity contribution in [3.05, 3.63) is 23.8 Å². The maximum atomic E-state index is 11.0. The van der Waals surface area contributed by atoms with E-state index in [1.165, 1.54) is 38.2 Å². The average Bonchev–Trinajstić information content (AvgIpc) is 2.97.